The molecule has 60 valence electrons. The summed E-state index contributed by atoms with van der Waals surface area (Å²) >= 11 is 0. The Balaban J connectivity index is 2.02. The van der Waals surface area contributed by atoms with Crippen LogP contribution in [0.15, 0.2) is 0 Å². The molecule has 10 heavy (non-hydrogen) atoms. The molecule has 0 aromatic heterocycles. The maximum atomic E-state index is 5.33. The summed E-state index contributed by atoms with van der Waals surface area (Å²) in [7, 11) is 0. The molecule has 1 N–H and O–H groups in total. The summed E-state index contributed by atoms with van der Waals surface area (Å²) in [6, 6.07) is 0. The molecule has 2 nitrogen and oxygen atoms in total. The predicted molar refractivity (Wildman–Crippen MR) is 42.1 cm³/mol. The Kier molecular flexibility index (Phi) is 3.76. The van der Waals surface area contributed by atoms with E-state index in [1.807, 2.05) is 0 Å². The van der Waals surface area contributed by atoms with Crippen molar-refractivity contribution >= 4 is 0 Å². The molecule has 0 amide bonds. The molecule has 0 aromatic carbocycles. The highest BCUT2D eigenvalue weighted by Gasteiger charge is 2.11. The van der Waals surface area contributed by atoms with E-state index in [1.54, 1.807) is 0 Å². The van der Waals surface area contributed by atoms with Crippen molar-refractivity contribution in [3.05, 3.63) is 0 Å². The summed E-state index contributed by atoms with van der Waals surface area (Å²) < 4.78 is 5.33. The van der Waals surface area contributed by atoms with Crippen molar-refractivity contribution in [2.24, 2.45) is 5.92 Å². The highest BCUT2D eigenvalue weighted by atomic mass is 16.5. The van der Waals surface area contributed by atoms with Gasteiger partial charge in [-0.3, -0.25) is 0 Å². The Morgan fingerprint density at radius 2 is 2.50 bits per heavy atom. The second-order valence-electron chi connectivity index (χ2n) is 2.87. The zero-order valence-corrected chi connectivity index (χ0v) is 6.73. The fourth-order valence-corrected chi connectivity index (χ4v) is 1.35. The zero-order valence-electron chi connectivity index (χ0n) is 6.73. The van der Waals surface area contributed by atoms with Crippen molar-refractivity contribution in [2.45, 2.75) is 19.8 Å². The van der Waals surface area contributed by atoms with E-state index in [0.717, 1.165) is 25.7 Å². The van der Waals surface area contributed by atoms with Gasteiger partial charge in [-0.25, -0.2) is 0 Å². The smallest absolute Gasteiger partial charge is 0.0506 e. The van der Waals surface area contributed by atoms with Gasteiger partial charge in [0.15, 0.2) is 0 Å². The van der Waals surface area contributed by atoms with Crippen molar-refractivity contribution in [2.75, 3.05) is 26.3 Å². The van der Waals surface area contributed by atoms with Crippen LogP contribution in [0.25, 0.3) is 0 Å². The SMILES string of the molecule is CCOC[C@@H]1CCCNC1. The highest BCUT2D eigenvalue weighted by Crippen LogP contribution is 2.09. The van der Waals surface area contributed by atoms with Gasteiger partial charge in [-0.05, 0) is 32.2 Å². The lowest BCUT2D eigenvalue weighted by atomic mass is 10.0. The fraction of sp³-hybridized carbons (Fsp3) is 1.00. The van der Waals surface area contributed by atoms with Gasteiger partial charge in [-0.1, -0.05) is 0 Å². The average Bonchev–Trinajstić information content (AvgIpc) is 2.03. The van der Waals surface area contributed by atoms with E-state index in [-0.39, 0.29) is 0 Å². The van der Waals surface area contributed by atoms with Gasteiger partial charge in [0.1, 0.15) is 0 Å². The van der Waals surface area contributed by atoms with E-state index < -0.39 is 0 Å². The van der Waals surface area contributed by atoms with Crippen LogP contribution in [-0.2, 0) is 4.74 Å². The Morgan fingerprint density at radius 1 is 1.60 bits per heavy atom. The molecule has 1 aliphatic rings. The van der Waals surface area contributed by atoms with Crippen molar-refractivity contribution < 1.29 is 4.74 Å². The molecule has 0 spiro atoms. The van der Waals surface area contributed by atoms with E-state index in [2.05, 4.69) is 12.2 Å². The molecule has 1 saturated heterocycles. The summed E-state index contributed by atoms with van der Waals surface area (Å²) in [6.07, 6.45) is 2.66. The minimum absolute atomic E-state index is 0.772. The number of rotatable bonds is 3. The minimum atomic E-state index is 0.772. The van der Waals surface area contributed by atoms with Crippen LogP contribution in [0.4, 0.5) is 0 Å². The zero-order chi connectivity index (χ0) is 7.23. The molecule has 2 heteroatoms. The molecule has 1 atom stereocenters. The lowest BCUT2D eigenvalue weighted by Gasteiger charge is -2.21. The molecule has 0 saturated carbocycles. The van der Waals surface area contributed by atoms with Crippen LogP contribution < -0.4 is 5.32 Å². The first kappa shape index (κ1) is 8.02. The molecule has 0 radical (unpaired) electrons. The standard InChI is InChI=1S/C8H17NO/c1-2-10-7-8-4-3-5-9-6-8/h8-9H,2-7H2,1H3/t8-/m1/s1. The molecule has 0 unspecified atom stereocenters. The number of ether oxygens (including phenoxy) is 1. The van der Waals surface area contributed by atoms with Crippen molar-refractivity contribution in [1.29, 1.82) is 0 Å². The van der Waals surface area contributed by atoms with Crippen LogP contribution in [-0.4, -0.2) is 26.3 Å². The second kappa shape index (κ2) is 4.69. The van der Waals surface area contributed by atoms with Crippen LogP contribution in [0.1, 0.15) is 19.8 Å². The number of piperidine rings is 1. The molecule has 0 aromatic rings. The lowest BCUT2D eigenvalue weighted by Crippen LogP contribution is -2.32. The van der Waals surface area contributed by atoms with E-state index in [0.29, 0.717) is 0 Å². The molecule has 0 aliphatic carbocycles. The van der Waals surface area contributed by atoms with E-state index in [1.165, 1.54) is 19.4 Å². The quantitative estimate of drug-likeness (QED) is 0.637. The second-order valence-corrected chi connectivity index (χ2v) is 2.87. The summed E-state index contributed by atoms with van der Waals surface area (Å²) in [5, 5.41) is 3.36. The maximum absolute atomic E-state index is 5.33. The van der Waals surface area contributed by atoms with Gasteiger partial charge in [0.05, 0.1) is 6.61 Å². The lowest BCUT2D eigenvalue weighted by molar-refractivity contribution is 0.0998. The fourth-order valence-electron chi connectivity index (χ4n) is 1.35. The summed E-state index contributed by atoms with van der Waals surface area (Å²) in [4.78, 5) is 0. The van der Waals surface area contributed by atoms with Crippen LogP contribution in [0.3, 0.4) is 0 Å². The van der Waals surface area contributed by atoms with Crippen molar-refractivity contribution in [3.8, 4) is 0 Å². The average molecular weight is 143 g/mol. The molecular weight excluding hydrogens is 126 g/mol. The van der Waals surface area contributed by atoms with Crippen LogP contribution >= 0.6 is 0 Å². The minimum Gasteiger partial charge on any atom is -0.381 e. The largest absolute Gasteiger partial charge is 0.381 e. The van der Waals surface area contributed by atoms with E-state index in [4.69, 9.17) is 4.74 Å². The number of hydrogen-bond acceptors (Lipinski definition) is 2. The molecule has 1 heterocycles. The Bertz CT molecular complexity index is 79.3. The predicted octanol–water partition coefficient (Wildman–Crippen LogP) is 1.02. The van der Waals surface area contributed by atoms with Gasteiger partial charge < -0.3 is 10.1 Å². The monoisotopic (exact) mass is 143 g/mol. The van der Waals surface area contributed by atoms with Gasteiger partial charge in [-0.15, -0.1) is 0 Å². The van der Waals surface area contributed by atoms with Crippen LogP contribution in [0.5, 0.6) is 0 Å². The highest BCUT2D eigenvalue weighted by molar-refractivity contribution is 4.67. The molecule has 1 rings (SSSR count). The van der Waals surface area contributed by atoms with Crippen molar-refractivity contribution in [1.82, 2.24) is 5.32 Å². The summed E-state index contributed by atoms with van der Waals surface area (Å²) in [5.74, 6) is 0.772. The topological polar surface area (TPSA) is 21.3 Å². The summed E-state index contributed by atoms with van der Waals surface area (Å²) in [6.45, 7) is 6.21. The summed E-state index contributed by atoms with van der Waals surface area (Å²) in [5.41, 5.74) is 0. The Labute approximate surface area is 63.0 Å². The van der Waals surface area contributed by atoms with Gasteiger partial charge in [0.2, 0.25) is 0 Å². The number of nitrogens with one attached hydrogen (secondary N) is 1. The normalized spacial score (nSPS) is 26.7. The molecule has 0 bridgehead atoms. The van der Waals surface area contributed by atoms with Gasteiger partial charge in [-0.2, -0.15) is 0 Å². The number of hydrogen-bond donors (Lipinski definition) is 1. The third-order valence-corrected chi connectivity index (χ3v) is 1.96. The first-order valence-corrected chi connectivity index (χ1v) is 4.22. The van der Waals surface area contributed by atoms with Gasteiger partial charge >= 0.3 is 0 Å². The first-order chi connectivity index (χ1) is 4.93. The third kappa shape index (κ3) is 2.67. The maximum Gasteiger partial charge on any atom is 0.0506 e. The molecule has 1 aliphatic heterocycles. The van der Waals surface area contributed by atoms with E-state index >= 15 is 0 Å². The van der Waals surface area contributed by atoms with Gasteiger partial charge in [0.25, 0.3) is 0 Å². The van der Waals surface area contributed by atoms with E-state index in [9.17, 15) is 0 Å². The first-order valence-electron chi connectivity index (χ1n) is 4.22. The molecule has 1 fully saturated rings. The van der Waals surface area contributed by atoms with Gasteiger partial charge in [0, 0.05) is 13.2 Å². The van der Waals surface area contributed by atoms with Crippen LogP contribution in [0, 0.1) is 5.92 Å². The van der Waals surface area contributed by atoms with Crippen LogP contribution in [0.2, 0.25) is 0 Å². The van der Waals surface area contributed by atoms with Crippen molar-refractivity contribution in [3.63, 3.8) is 0 Å². The Hall–Kier alpha value is -0.0800. The third-order valence-electron chi connectivity index (χ3n) is 1.96. The molecular formula is C8H17NO. The Morgan fingerprint density at radius 3 is 3.10 bits per heavy atom.